The summed E-state index contributed by atoms with van der Waals surface area (Å²) in [7, 11) is 3.57. The number of esters is 1. The highest BCUT2D eigenvalue weighted by atomic mass is 32.1. The fourth-order valence-corrected chi connectivity index (χ4v) is 5.45. The monoisotopic (exact) mass is 509 g/mol. The molecular weight excluding hydrogens is 478 g/mol. The zero-order valence-electron chi connectivity index (χ0n) is 21.7. The fraction of sp³-hybridized carbons (Fsp3) is 0.370. The van der Waals surface area contributed by atoms with E-state index in [0.29, 0.717) is 44.3 Å². The van der Waals surface area contributed by atoms with E-state index in [-0.39, 0.29) is 12.2 Å². The molecule has 0 N–H and O–H groups in total. The highest BCUT2D eigenvalue weighted by Gasteiger charge is 2.34. The first-order chi connectivity index (χ1) is 17.2. The van der Waals surface area contributed by atoms with Crippen molar-refractivity contribution in [3.05, 3.63) is 77.7 Å². The van der Waals surface area contributed by atoms with E-state index in [1.165, 1.54) is 11.3 Å². The van der Waals surface area contributed by atoms with Gasteiger partial charge in [0.15, 0.2) is 16.3 Å². The number of aryl methyl sites for hydroxylation is 1. The highest BCUT2D eigenvalue weighted by Crippen LogP contribution is 2.36. The quantitative estimate of drug-likeness (QED) is 0.457. The van der Waals surface area contributed by atoms with Crippen LogP contribution in [0.25, 0.3) is 6.08 Å². The zero-order valence-corrected chi connectivity index (χ0v) is 22.5. The topological polar surface area (TPSA) is 84.1 Å². The fourth-order valence-electron chi connectivity index (χ4n) is 4.41. The maximum atomic E-state index is 13.8. The molecule has 8 nitrogen and oxygen atoms in total. The molecule has 0 bridgehead atoms. The molecule has 1 aliphatic rings. The molecule has 9 heteroatoms. The van der Waals surface area contributed by atoms with Crippen LogP contribution in [-0.4, -0.2) is 35.4 Å². The number of fused-ring (bicyclic) bond motifs is 1. The van der Waals surface area contributed by atoms with Gasteiger partial charge in [0.25, 0.3) is 5.56 Å². The van der Waals surface area contributed by atoms with Crippen molar-refractivity contribution in [1.29, 1.82) is 0 Å². The molecule has 0 saturated carbocycles. The Kier molecular flexibility index (Phi) is 7.21. The summed E-state index contributed by atoms with van der Waals surface area (Å²) in [5.41, 5.74) is 4.48. The number of ether oxygens (including phenoxy) is 3. The average molecular weight is 510 g/mol. The summed E-state index contributed by atoms with van der Waals surface area (Å²) in [5, 5.41) is 0. The minimum absolute atomic E-state index is 0.214. The summed E-state index contributed by atoms with van der Waals surface area (Å²) in [6, 6.07) is 6.77. The zero-order chi connectivity index (χ0) is 26.1. The minimum Gasteiger partial charge on any atom is -0.493 e. The van der Waals surface area contributed by atoms with Gasteiger partial charge >= 0.3 is 5.97 Å². The smallest absolute Gasteiger partial charge is 0.338 e. The minimum atomic E-state index is -0.717. The lowest BCUT2D eigenvalue weighted by atomic mass is 9.95. The van der Waals surface area contributed by atoms with Crippen LogP contribution in [0, 0.1) is 13.8 Å². The van der Waals surface area contributed by atoms with Crippen molar-refractivity contribution in [3.63, 3.8) is 0 Å². The molecule has 1 aliphatic heterocycles. The Morgan fingerprint density at radius 1 is 1.14 bits per heavy atom. The van der Waals surface area contributed by atoms with Gasteiger partial charge in [-0.25, -0.2) is 9.79 Å². The van der Waals surface area contributed by atoms with Crippen LogP contribution in [0.4, 0.5) is 0 Å². The number of benzene rings is 1. The molecule has 3 heterocycles. The standard InChI is InChI=1S/C27H31N3O5S/c1-8-34-21-13-18(10-11-20(21)33-7)24-23(26(32)35-9-2)16(4)28-27-30(24)25(31)22(36-27)14-19-12-15(3)29(6)17(19)5/h10-14,24H,8-9H2,1-7H3/b22-14+/t24-/m0/s1. The van der Waals surface area contributed by atoms with E-state index in [2.05, 4.69) is 15.6 Å². The summed E-state index contributed by atoms with van der Waals surface area (Å²) in [6.45, 7) is 10.1. The lowest BCUT2D eigenvalue weighted by Gasteiger charge is -2.25. The summed E-state index contributed by atoms with van der Waals surface area (Å²) < 4.78 is 20.8. The number of hydrogen-bond donors (Lipinski definition) is 0. The van der Waals surface area contributed by atoms with Crippen LogP contribution in [0.2, 0.25) is 0 Å². The van der Waals surface area contributed by atoms with Crippen LogP contribution in [-0.2, 0) is 16.6 Å². The average Bonchev–Trinajstić information content (AvgIpc) is 3.28. The van der Waals surface area contributed by atoms with Gasteiger partial charge in [-0.15, -0.1) is 0 Å². The van der Waals surface area contributed by atoms with Crippen LogP contribution >= 0.6 is 11.3 Å². The van der Waals surface area contributed by atoms with E-state index in [9.17, 15) is 9.59 Å². The van der Waals surface area contributed by atoms with E-state index >= 15 is 0 Å². The van der Waals surface area contributed by atoms with Gasteiger partial charge < -0.3 is 18.8 Å². The molecule has 1 aromatic carbocycles. The van der Waals surface area contributed by atoms with Crippen molar-refractivity contribution >= 4 is 23.4 Å². The van der Waals surface area contributed by atoms with Crippen LogP contribution in [0.1, 0.15) is 49.3 Å². The van der Waals surface area contributed by atoms with Crippen LogP contribution in [0.15, 0.2) is 45.3 Å². The second kappa shape index (κ2) is 10.2. The maximum absolute atomic E-state index is 13.8. The summed E-state index contributed by atoms with van der Waals surface area (Å²) in [5.74, 6) is 0.607. The van der Waals surface area contributed by atoms with Crippen molar-refractivity contribution in [1.82, 2.24) is 9.13 Å². The number of aromatic nitrogens is 2. The molecule has 0 saturated heterocycles. The van der Waals surface area contributed by atoms with E-state index in [0.717, 1.165) is 17.0 Å². The number of carbonyl (C=O) groups excluding carboxylic acids is 1. The molecule has 2 aromatic heterocycles. The Morgan fingerprint density at radius 3 is 2.50 bits per heavy atom. The number of allylic oxidation sites excluding steroid dienone is 1. The van der Waals surface area contributed by atoms with E-state index < -0.39 is 12.0 Å². The van der Waals surface area contributed by atoms with E-state index in [4.69, 9.17) is 14.2 Å². The predicted octanol–water partition coefficient (Wildman–Crippen LogP) is 3.16. The van der Waals surface area contributed by atoms with Crippen molar-refractivity contribution in [2.75, 3.05) is 20.3 Å². The Hall–Kier alpha value is -3.59. The molecule has 0 fully saturated rings. The third-order valence-corrected chi connectivity index (χ3v) is 7.40. The third kappa shape index (κ3) is 4.39. The van der Waals surface area contributed by atoms with Gasteiger partial charge in [0, 0.05) is 18.4 Å². The molecule has 0 radical (unpaired) electrons. The molecule has 0 unspecified atom stereocenters. The number of rotatable bonds is 7. The molecule has 0 aliphatic carbocycles. The van der Waals surface area contributed by atoms with Gasteiger partial charge in [-0.2, -0.15) is 0 Å². The Labute approximate surface area is 213 Å². The van der Waals surface area contributed by atoms with Crippen molar-refractivity contribution < 1.29 is 19.0 Å². The van der Waals surface area contributed by atoms with Gasteiger partial charge in [-0.05, 0) is 70.0 Å². The predicted molar refractivity (Wildman–Crippen MR) is 139 cm³/mol. The van der Waals surface area contributed by atoms with Crippen LogP contribution < -0.4 is 24.4 Å². The molecule has 0 amide bonds. The first-order valence-corrected chi connectivity index (χ1v) is 12.7. The SMILES string of the molecule is CCOC(=O)C1=C(C)N=c2s/c(=C/c3cc(C)n(C)c3C)c(=O)n2[C@H]1c1ccc(OC)c(OCC)c1. The normalized spacial score (nSPS) is 15.5. The Balaban J connectivity index is 1.98. The molecule has 190 valence electrons. The molecular formula is C27H31N3O5S. The van der Waals surface area contributed by atoms with Gasteiger partial charge in [-0.3, -0.25) is 9.36 Å². The van der Waals surface area contributed by atoms with Gasteiger partial charge in [0.1, 0.15) is 0 Å². The summed E-state index contributed by atoms with van der Waals surface area (Å²) in [4.78, 5) is 32.1. The highest BCUT2D eigenvalue weighted by molar-refractivity contribution is 7.07. The number of thiazole rings is 1. The number of nitrogens with zero attached hydrogens (tertiary/aromatic N) is 3. The van der Waals surface area contributed by atoms with Crippen molar-refractivity contribution in [3.8, 4) is 11.5 Å². The second-order valence-corrected chi connectivity index (χ2v) is 9.54. The Morgan fingerprint density at radius 2 is 1.89 bits per heavy atom. The largest absolute Gasteiger partial charge is 0.493 e. The van der Waals surface area contributed by atoms with Crippen LogP contribution in [0.3, 0.4) is 0 Å². The van der Waals surface area contributed by atoms with Gasteiger partial charge in [0.05, 0.1) is 42.2 Å². The maximum Gasteiger partial charge on any atom is 0.338 e. The Bertz CT molecular complexity index is 1540. The van der Waals surface area contributed by atoms with Gasteiger partial charge in [0.2, 0.25) is 0 Å². The van der Waals surface area contributed by atoms with Gasteiger partial charge in [-0.1, -0.05) is 17.4 Å². The second-order valence-electron chi connectivity index (χ2n) is 8.53. The van der Waals surface area contributed by atoms with Crippen molar-refractivity contribution in [2.24, 2.45) is 12.0 Å². The number of carbonyl (C=O) groups is 1. The lowest BCUT2D eigenvalue weighted by molar-refractivity contribution is -0.139. The van der Waals surface area contributed by atoms with Crippen molar-refractivity contribution in [2.45, 2.75) is 40.7 Å². The van der Waals surface area contributed by atoms with Crippen LogP contribution in [0.5, 0.6) is 11.5 Å². The molecule has 36 heavy (non-hydrogen) atoms. The van der Waals surface area contributed by atoms with E-state index in [1.807, 2.05) is 46.0 Å². The lowest BCUT2D eigenvalue weighted by Crippen LogP contribution is -2.40. The first-order valence-electron chi connectivity index (χ1n) is 11.8. The number of hydrogen-bond acceptors (Lipinski definition) is 7. The van der Waals surface area contributed by atoms with E-state index in [1.54, 1.807) is 31.6 Å². The summed E-state index contributed by atoms with van der Waals surface area (Å²) in [6.07, 6.45) is 1.90. The number of methoxy groups -OCH3 is 1. The molecule has 3 aromatic rings. The first kappa shape index (κ1) is 25.5. The summed E-state index contributed by atoms with van der Waals surface area (Å²) >= 11 is 1.31. The molecule has 4 rings (SSSR count). The molecule has 0 spiro atoms. The molecule has 1 atom stereocenters. The third-order valence-electron chi connectivity index (χ3n) is 6.42.